The van der Waals surface area contributed by atoms with Crippen LogP contribution in [0.1, 0.15) is 77.0 Å². The molecule has 6 atom stereocenters. The SMILES string of the molecule is N#COCC1CCCC(Cn2c(=O)n(CC3CCCC(COC#N)C3)c(=O)n(CC3CCCC(COC#N)C3)c2=O)C1. The molecule has 1 aromatic heterocycles. The van der Waals surface area contributed by atoms with Crippen LogP contribution in [0.2, 0.25) is 0 Å². The fourth-order valence-electron chi connectivity index (χ4n) is 7.55. The molecule has 3 aliphatic rings. The van der Waals surface area contributed by atoms with Gasteiger partial charge in [-0.15, -0.1) is 0 Å². The molecule has 228 valence electrons. The number of hydrogen-bond acceptors (Lipinski definition) is 9. The first-order valence-electron chi connectivity index (χ1n) is 15.4. The summed E-state index contributed by atoms with van der Waals surface area (Å²) in [6.45, 7) is 1.70. The Kier molecular flexibility index (Phi) is 11.5. The Bertz CT molecular complexity index is 1150. The molecule has 0 bridgehead atoms. The van der Waals surface area contributed by atoms with Crippen molar-refractivity contribution < 1.29 is 14.2 Å². The Morgan fingerprint density at radius 2 is 0.762 bits per heavy atom. The van der Waals surface area contributed by atoms with E-state index < -0.39 is 17.1 Å². The minimum Gasteiger partial charge on any atom is -0.427 e. The van der Waals surface area contributed by atoms with Gasteiger partial charge >= 0.3 is 17.1 Å². The van der Waals surface area contributed by atoms with Crippen LogP contribution >= 0.6 is 0 Å². The fraction of sp³-hybridized carbons (Fsp3) is 0.800. The third kappa shape index (κ3) is 8.18. The second kappa shape index (κ2) is 15.5. The predicted octanol–water partition coefficient (Wildman–Crippen LogP) is 3.08. The van der Waals surface area contributed by atoms with E-state index >= 15 is 0 Å². The highest BCUT2D eigenvalue weighted by Gasteiger charge is 2.30. The lowest BCUT2D eigenvalue weighted by atomic mass is 9.81. The first-order valence-corrected chi connectivity index (χ1v) is 15.4. The van der Waals surface area contributed by atoms with E-state index in [1.165, 1.54) is 13.7 Å². The van der Waals surface area contributed by atoms with Crippen molar-refractivity contribution in [3.8, 4) is 18.8 Å². The molecule has 4 rings (SSSR count). The van der Waals surface area contributed by atoms with Crippen LogP contribution in [0.15, 0.2) is 14.4 Å². The largest absolute Gasteiger partial charge is 0.427 e. The van der Waals surface area contributed by atoms with Crippen molar-refractivity contribution in [2.45, 2.75) is 96.7 Å². The average molecular weight is 583 g/mol. The van der Waals surface area contributed by atoms with Crippen molar-refractivity contribution in [2.24, 2.45) is 35.5 Å². The van der Waals surface area contributed by atoms with Crippen LogP contribution < -0.4 is 17.1 Å². The smallest absolute Gasteiger partial charge is 0.336 e. The maximum Gasteiger partial charge on any atom is 0.336 e. The minimum absolute atomic E-state index is 0.0697. The standard InChI is InChI=1S/C30H42N6O6/c31-19-40-16-25-7-1-4-22(10-25)13-34-28(37)35(14-23-5-2-8-26(11-23)17-41-20-32)30(39)36(29(34)38)15-24-6-3-9-27(12-24)18-42-21-33/h22-27H,1-18H2. The van der Waals surface area contributed by atoms with Crippen molar-refractivity contribution in [1.82, 2.24) is 13.7 Å². The van der Waals surface area contributed by atoms with Gasteiger partial charge in [0.1, 0.15) is 19.8 Å². The molecular weight excluding hydrogens is 540 g/mol. The van der Waals surface area contributed by atoms with E-state index in [1.807, 2.05) is 0 Å². The summed E-state index contributed by atoms with van der Waals surface area (Å²) in [6.07, 6.45) is 15.6. The van der Waals surface area contributed by atoms with Gasteiger partial charge in [-0.2, -0.15) is 15.8 Å². The Morgan fingerprint density at radius 3 is 1.02 bits per heavy atom. The van der Waals surface area contributed by atoms with Crippen LogP contribution in [0.3, 0.4) is 0 Å². The summed E-state index contributed by atoms with van der Waals surface area (Å²) in [6, 6.07) is 0. The molecule has 0 radical (unpaired) electrons. The van der Waals surface area contributed by atoms with Crippen LogP contribution in [0.4, 0.5) is 0 Å². The van der Waals surface area contributed by atoms with Gasteiger partial charge in [0.15, 0.2) is 0 Å². The molecule has 0 N–H and O–H groups in total. The van der Waals surface area contributed by atoms with Gasteiger partial charge in [0.05, 0.1) is 0 Å². The third-order valence-electron chi connectivity index (χ3n) is 9.53. The fourth-order valence-corrected chi connectivity index (χ4v) is 7.55. The molecule has 3 aliphatic carbocycles. The van der Waals surface area contributed by atoms with Crippen LogP contribution in [-0.4, -0.2) is 33.5 Å². The van der Waals surface area contributed by atoms with Crippen LogP contribution in [0, 0.1) is 70.1 Å². The molecule has 1 aromatic rings. The van der Waals surface area contributed by atoms with E-state index in [0.29, 0.717) is 19.8 Å². The highest BCUT2D eigenvalue weighted by atomic mass is 16.5. The molecule has 42 heavy (non-hydrogen) atoms. The second-order valence-electron chi connectivity index (χ2n) is 12.6. The Labute approximate surface area is 246 Å². The van der Waals surface area contributed by atoms with Crippen LogP contribution in [-0.2, 0) is 33.8 Å². The number of rotatable bonds is 12. The molecule has 3 saturated carbocycles. The summed E-state index contributed by atoms with van der Waals surface area (Å²) < 4.78 is 18.7. The van der Waals surface area contributed by atoms with Crippen LogP contribution in [0.25, 0.3) is 0 Å². The van der Waals surface area contributed by atoms with E-state index in [2.05, 4.69) is 0 Å². The van der Waals surface area contributed by atoms with Gasteiger partial charge < -0.3 is 14.2 Å². The molecule has 6 unspecified atom stereocenters. The molecule has 0 spiro atoms. The van der Waals surface area contributed by atoms with Crippen molar-refractivity contribution in [3.63, 3.8) is 0 Å². The third-order valence-corrected chi connectivity index (χ3v) is 9.53. The zero-order chi connectivity index (χ0) is 29.9. The summed E-state index contributed by atoms with van der Waals surface area (Å²) in [4.78, 5) is 41.4. The van der Waals surface area contributed by atoms with Gasteiger partial charge in [0.25, 0.3) is 18.8 Å². The summed E-state index contributed by atoms with van der Waals surface area (Å²) in [5.41, 5.74) is -1.68. The second-order valence-corrected chi connectivity index (χ2v) is 12.6. The monoisotopic (exact) mass is 582 g/mol. The van der Waals surface area contributed by atoms with Gasteiger partial charge in [-0.05, 0) is 93.3 Å². The molecular formula is C30H42N6O6. The van der Waals surface area contributed by atoms with Crippen molar-refractivity contribution in [2.75, 3.05) is 19.8 Å². The summed E-state index contributed by atoms with van der Waals surface area (Å²) in [7, 11) is 0. The summed E-state index contributed by atoms with van der Waals surface area (Å²) in [5.74, 6) is 0.784. The first-order chi connectivity index (χ1) is 20.4. The van der Waals surface area contributed by atoms with E-state index in [0.717, 1.165) is 77.0 Å². The quantitative estimate of drug-likeness (QED) is 0.337. The lowest BCUT2D eigenvalue weighted by Gasteiger charge is -2.31. The molecule has 0 amide bonds. The zero-order valence-corrected chi connectivity index (χ0v) is 24.3. The molecule has 12 heteroatoms. The molecule has 0 aliphatic heterocycles. The summed E-state index contributed by atoms with van der Waals surface area (Å²) in [5, 5.41) is 26.4. The van der Waals surface area contributed by atoms with E-state index in [-0.39, 0.29) is 55.1 Å². The highest BCUT2D eigenvalue weighted by molar-refractivity contribution is 4.86. The molecule has 3 fully saturated rings. The normalized spacial score (nSPS) is 27.6. The van der Waals surface area contributed by atoms with E-state index in [9.17, 15) is 14.4 Å². The Morgan fingerprint density at radius 1 is 0.500 bits per heavy atom. The maximum absolute atomic E-state index is 13.8. The van der Waals surface area contributed by atoms with E-state index in [1.54, 1.807) is 18.8 Å². The van der Waals surface area contributed by atoms with Gasteiger partial charge in [0, 0.05) is 19.6 Å². The molecule has 0 aromatic carbocycles. The lowest BCUT2D eigenvalue weighted by Crippen LogP contribution is -2.56. The van der Waals surface area contributed by atoms with Crippen molar-refractivity contribution in [3.05, 3.63) is 31.5 Å². The number of ether oxygens (including phenoxy) is 3. The predicted molar refractivity (Wildman–Crippen MR) is 150 cm³/mol. The number of nitriles is 3. The van der Waals surface area contributed by atoms with Gasteiger partial charge in [-0.1, -0.05) is 19.3 Å². The first kappa shape index (κ1) is 31.2. The van der Waals surface area contributed by atoms with Gasteiger partial charge in [-0.25, -0.2) is 28.1 Å². The Balaban J connectivity index is 1.61. The lowest BCUT2D eigenvalue weighted by molar-refractivity contribution is 0.136. The zero-order valence-electron chi connectivity index (χ0n) is 24.3. The minimum atomic E-state index is -0.559. The highest BCUT2D eigenvalue weighted by Crippen LogP contribution is 2.32. The van der Waals surface area contributed by atoms with Gasteiger partial charge in [0.2, 0.25) is 0 Å². The van der Waals surface area contributed by atoms with Crippen molar-refractivity contribution in [1.29, 1.82) is 15.8 Å². The Hall–Kier alpha value is -3.72. The summed E-state index contributed by atoms with van der Waals surface area (Å²) >= 11 is 0. The molecule has 12 nitrogen and oxygen atoms in total. The number of nitrogens with zero attached hydrogens (tertiary/aromatic N) is 6. The van der Waals surface area contributed by atoms with Crippen molar-refractivity contribution >= 4 is 0 Å². The topological polar surface area (TPSA) is 165 Å². The molecule has 0 saturated heterocycles. The van der Waals surface area contributed by atoms with Crippen LogP contribution in [0.5, 0.6) is 0 Å². The average Bonchev–Trinajstić information content (AvgIpc) is 3.01. The molecule has 1 heterocycles. The number of hydrogen-bond donors (Lipinski definition) is 0. The van der Waals surface area contributed by atoms with Gasteiger partial charge in [-0.3, -0.25) is 0 Å². The maximum atomic E-state index is 13.8. The number of aromatic nitrogens is 3. The van der Waals surface area contributed by atoms with E-state index in [4.69, 9.17) is 30.0 Å².